The minimum absolute atomic E-state index is 0.0675. The highest BCUT2D eigenvalue weighted by atomic mass is 16.2. The Morgan fingerprint density at radius 3 is 2.71 bits per heavy atom. The second kappa shape index (κ2) is 4.48. The first-order valence-corrected chi connectivity index (χ1v) is 7.09. The molecule has 1 aromatic carbocycles. The number of rotatable bonds is 1. The molecular weight excluding hydrogens is 262 g/mol. The summed E-state index contributed by atoms with van der Waals surface area (Å²) in [4.78, 5) is 29.6. The topological polar surface area (TPSA) is 47.0 Å². The van der Waals surface area contributed by atoms with E-state index in [0.29, 0.717) is 23.3 Å². The number of carbonyl (C=O) groups excluding carboxylic acids is 2. The lowest BCUT2D eigenvalue weighted by molar-refractivity contribution is -0.123. The van der Waals surface area contributed by atoms with E-state index in [1.165, 1.54) is 0 Å². The molecular formula is C18H13NO2. The highest BCUT2D eigenvalue weighted by Crippen LogP contribution is 2.37. The maximum atomic E-state index is 12.5. The number of allylic oxidation sites excluding steroid dienone is 4. The van der Waals surface area contributed by atoms with Crippen molar-refractivity contribution in [3.63, 3.8) is 0 Å². The maximum absolute atomic E-state index is 12.5. The Balaban J connectivity index is 1.81. The quantitative estimate of drug-likeness (QED) is 0.751. The molecule has 0 N–H and O–H groups in total. The van der Waals surface area contributed by atoms with E-state index in [4.69, 9.17) is 0 Å². The van der Waals surface area contributed by atoms with Crippen LogP contribution in [0, 0.1) is 0 Å². The van der Waals surface area contributed by atoms with Crippen molar-refractivity contribution < 1.29 is 9.59 Å². The number of carbonyl (C=O) groups is 2. The van der Waals surface area contributed by atoms with Gasteiger partial charge in [-0.2, -0.15) is 0 Å². The number of pyridine rings is 1. The summed E-state index contributed by atoms with van der Waals surface area (Å²) < 4.78 is 0. The fourth-order valence-electron chi connectivity index (χ4n) is 3.11. The molecule has 4 rings (SSSR count). The molecule has 1 unspecified atom stereocenters. The monoisotopic (exact) mass is 275 g/mol. The lowest BCUT2D eigenvalue weighted by Gasteiger charge is -2.08. The second-order valence-electron chi connectivity index (χ2n) is 5.42. The van der Waals surface area contributed by atoms with Crippen LogP contribution in [0.4, 0.5) is 0 Å². The Kier molecular flexibility index (Phi) is 2.61. The third kappa shape index (κ3) is 1.77. The zero-order chi connectivity index (χ0) is 14.4. The zero-order valence-electron chi connectivity index (χ0n) is 11.4. The number of benzene rings is 1. The average Bonchev–Trinajstić information content (AvgIpc) is 2.79. The van der Waals surface area contributed by atoms with Crippen molar-refractivity contribution in [2.75, 3.05) is 0 Å². The van der Waals surface area contributed by atoms with Crippen molar-refractivity contribution in [3.8, 4) is 0 Å². The molecule has 102 valence electrons. The van der Waals surface area contributed by atoms with Gasteiger partial charge in [0, 0.05) is 16.5 Å². The van der Waals surface area contributed by atoms with Gasteiger partial charge < -0.3 is 0 Å². The number of ketones is 2. The first-order valence-electron chi connectivity index (χ1n) is 7.09. The Labute approximate surface area is 122 Å². The molecule has 0 spiro atoms. The van der Waals surface area contributed by atoms with Crippen LogP contribution in [0.5, 0.6) is 0 Å². The largest absolute Gasteiger partial charge is 0.293 e. The normalized spacial score (nSPS) is 21.2. The van der Waals surface area contributed by atoms with Crippen molar-refractivity contribution >= 4 is 22.5 Å². The molecule has 0 saturated carbocycles. The van der Waals surface area contributed by atoms with E-state index in [0.717, 1.165) is 17.3 Å². The number of hydrogen-bond acceptors (Lipinski definition) is 3. The number of nitrogens with zero attached hydrogens (tertiary/aromatic N) is 1. The molecule has 0 saturated heterocycles. The van der Waals surface area contributed by atoms with Crippen LogP contribution >= 0.6 is 0 Å². The molecule has 0 aliphatic heterocycles. The molecule has 2 aromatic rings. The van der Waals surface area contributed by atoms with Gasteiger partial charge in [0.15, 0.2) is 11.6 Å². The van der Waals surface area contributed by atoms with Crippen molar-refractivity contribution in [1.82, 2.24) is 4.98 Å². The first-order chi connectivity index (χ1) is 10.3. The Bertz CT molecular complexity index is 845. The summed E-state index contributed by atoms with van der Waals surface area (Å²) in [7, 11) is 0. The van der Waals surface area contributed by atoms with Crippen molar-refractivity contribution in [2.24, 2.45) is 0 Å². The maximum Gasteiger partial charge on any atom is 0.180 e. The second-order valence-corrected chi connectivity index (χ2v) is 5.42. The number of Topliss-reactive ketones (excluding diaryl/α,β-unsaturated/α-hetero) is 2. The van der Waals surface area contributed by atoms with Gasteiger partial charge in [-0.15, -0.1) is 0 Å². The van der Waals surface area contributed by atoms with E-state index in [-0.39, 0.29) is 11.6 Å². The van der Waals surface area contributed by atoms with Crippen LogP contribution in [0.25, 0.3) is 10.9 Å². The number of fused-ring (bicyclic) bond motifs is 1. The van der Waals surface area contributed by atoms with Crippen LogP contribution < -0.4 is 0 Å². The van der Waals surface area contributed by atoms with Crippen LogP contribution in [0.1, 0.15) is 24.5 Å². The number of para-hydroxylation sites is 1. The number of aromatic nitrogens is 1. The van der Waals surface area contributed by atoms with E-state index >= 15 is 0 Å². The third-order valence-electron chi connectivity index (χ3n) is 4.17. The molecule has 2 aliphatic carbocycles. The van der Waals surface area contributed by atoms with Crippen LogP contribution in [0.15, 0.2) is 59.7 Å². The Morgan fingerprint density at radius 1 is 1.00 bits per heavy atom. The van der Waals surface area contributed by atoms with E-state index in [1.807, 2.05) is 36.4 Å². The van der Waals surface area contributed by atoms with Crippen LogP contribution in [-0.4, -0.2) is 16.6 Å². The predicted molar refractivity (Wildman–Crippen MR) is 79.9 cm³/mol. The molecule has 3 heteroatoms. The Hall–Kier alpha value is -2.55. The lowest BCUT2D eigenvalue weighted by Crippen LogP contribution is -2.16. The third-order valence-corrected chi connectivity index (χ3v) is 4.17. The van der Waals surface area contributed by atoms with Gasteiger partial charge in [0.2, 0.25) is 0 Å². The zero-order valence-corrected chi connectivity index (χ0v) is 11.4. The molecule has 21 heavy (non-hydrogen) atoms. The fraction of sp³-hybridized carbons (Fsp3) is 0.167. The lowest BCUT2D eigenvalue weighted by atomic mass is 9.96. The minimum Gasteiger partial charge on any atom is -0.293 e. The summed E-state index contributed by atoms with van der Waals surface area (Å²) in [5.74, 6) is -0.918. The van der Waals surface area contributed by atoms with Gasteiger partial charge in [-0.3, -0.25) is 14.6 Å². The molecule has 1 atom stereocenters. The summed E-state index contributed by atoms with van der Waals surface area (Å²) in [5, 5.41) is 1.01. The molecule has 0 radical (unpaired) electrons. The highest BCUT2D eigenvalue weighted by Gasteiger charge is 2.41. The fourth-order valence-corrected chi connectivity index (χ4v) is 3.11. The summed E-state index contributed by atoms with van der Waals surface area (Å²) in [6.45, 7) is 0. The molecule has 3 nitrogen and oxygen atoms in total. The molecule has 0 bridgehead atoms. The van der Waals surface area contributed by atoms with Crippen LogP contribution in [0.2, 0.25) is 0 Å². The van der Waals surface area contributed by atoms with Gasteiger partial charge in [-0.25, -0.2) is 0 Å². The molecule has 0 amide bonds. The van der Waals surface area contributed by atoms with Gasteiger partial charge >= 0.3 is 0 Å². The van der Waals surface area contributed by atoms with Gasteiger partial charge in [-0.1, -0.05) is 36.4 Å². The van der Waals surface area contributed by atoms with Crippen molar-refractivity contribution in [2.45, 2.75) is 18.8 Å². The van der Waals surface area contributed by atoms with Gasteiger partial charge in [-0.05, 0) is 25.0 Å². The summed E-state index contributed by atoms with van der Waals surface area (Å²) in [6.07, 6.45) is 5.25. The minimum atomic E-state index is -0.748. The summed E-state index contributed by atoms with van der Waals surface area (Å²) >= 11 is 0. The molecule has 1 heterocycles. The van der Waals surface area contributed by atoms with E-state index in [9.17, 15) is 9.59 Å². The summed E-state index contributed by atoms with van der Waals surface area (Å²) in [5.41, 5.74) is 2.65. The van der Waals surface area contributed by atoms with Crippen LogP contribution in [-0.2, 0) is 9.59 Å². The highest BCUT2D eigenvalue weighted by molar-refractivity contribution is 6.29. The molecule has 1 aromatic heterocycles. The van der Waals surface area contributed by atoms with Crippen molar-refractivity contribution in [3.05, 3.63) is 65.4 Å². The van der Waals surface area contributed by atoms with E-state index in [1.54, 1.807) is 12.1 Å². The molecule has 2 aliphatic rings. The predicted octanol–water partition coefficient (Wildman–Crippen LogP) is 3.12. The number of hydrogen-bond donors (Lipinski definition) is 0. The average molecular weight is 275 g/mol. The van der Waals surface area contributed by atoms with Gasteiger partial charge in [0.25, 0.3) is 0 Å². The first kappa shape index (κ1) is 12.2. The van der Waals surface area contributed by atoms with Crippen molar-refractivity contribution in [1.29, 1.82) is 0 Å². The van der Waals surface area contributed by atoms with E-state index in [2.05, 4.69) is 4.98 Å². The van der Waals surface area contributed by atoms with Gasteiger partial charge in [0.05, 0.1) is 11.2 Å². The smallest absolute Gasteiger partial charge is 0.180 e. The van der Waals surface area contributed by atoms with Gasteiger partial charge in [0.1, 0.15) is 5.92 Å². The Morgan fingerprint density at radius 2 is 1.86 bits per heavy atom. The molecule has 0 fully saturated rings. The summed E-state index contributed by atoms with van der Waals surface area (Å²) in [6, 6.07) is 11.4. The van der Waals surface area contributed by atoms with E-state index < -0.39 is 5.92 Å². The SMILES string of the molecule is O=C1C2=C(CCC=C2)C(=O)C1c1ccc2ccccc2n1. The van der Waals surface area contributed by atoms with Crippen LogP contribution in [0.3, 0.4) is 0 Å². The standard InChI is InChI=1S/C18H13NO2/c20-17-12-6-2-3-7-13(12)18(21)16(17)15-10-9-11-5-1-4-8-14(11)19-15/h1-2,4-6,8-10,16H,3,7H2.